The molecule has 3 heteroatoms. The molecule has 2 rings (SSSR count). The summed E-state index contributed by atoms with van der Waals surface area (Å²) >= 11 is 0. The fourth-order valence-corrected chi connectivity index (χ4v) is 2.34. The summed E-state index contributed by atoms with van der Waals surface area (Å²) in [6.07, 6.45) is 0.898. The molecule has 21 heavy (non-hydrogen) atoms. The number of ketones is 1. The van der Waals surface area contributed by atoms with Crippen molar-refractivity contribution in [2.45, 2.75) is 26.7 Å². The second kappa shape index (κ2) is 6.61. The highest BCUT2D eigenvalue weighted by atomic mass is 19.1. The van der Waals surface area contributed by atoms with E-state index in [9.17, 15) is 13.6 Å². The largest absolute Gasteiger partial charge is 0.294 e. The van der Waals surface area contributed by atoms with E-state index in [1.54, 1.807) is 6.07 Å². The zero-order chi connectivity index (χ0) is 15.4. The molecule has 0 N–H and O–H groups in total. The number of halogens is 2. The van der Waals surface area contributed by atoms with Crippen molar-refractivity contribution in [1.29, 1.82) is 0 Å². The maximum absolute atomic E-state index is 13.1. The molecule has 0 saturated heterocycles. The highest BCUT2D eigenvalue weighted by Gasteiger charge is 2.10. The summed E-state index contributed by atoms with van der Waals surface area (Å²) in [5, 5.41) is 0. The molecule has 0 heterocycles. The Labute approximate surface area is 123 Å². The van der Waals surface area contributed by atoms with E-state index in [1.807, 2.05) is 18.2 Å². The Bertz CT molecular complexity index is 627. The molecule has 0 fully saturated rings. The average Bonchev–Trinajstić information content (AvgIpc) is 2.36. The van der Waals surface area contributed by atoms with Gasteiger partial charge in [0.05, 0.1) is 0 Å². The molecule has 0 aliphatic rings. The molecule has 110 valence electrons. The van der Waals surface area contributed by atoms with Crippen LogP contribution >= 0.6 is 0 Å². The van der Waals surface area contributed by atoms with Crippen molar-refractivity contribution in [2.75, 3.05) is 0 Å². The number of Topliss-reactive ketones (excluding diaryl/α,β-unsaturated/α-hetero) is 1. The smallest absolute Gasteiger partial charge is 0.167 e. The Balaban J connectivity index is 2.16. The Morgan fingerprint density at radius 3 is 2.29 bits per heavy atom. The number of hydrogen-bond donors (Lipinski definition) is 0. The number of hydrogen-bond acceptors (Lipinski definition) is 1. The lowest BCUT2D eigenvalue weighted by Crippen LogP contribution is -2.05. The molecule has 0 amide bonds. The van der Waals surface area contributed by atoms with Gasteiger partial charge in [-0.2, -0.15) is 0 Å². The maximum atomic E-state index is 13.1. The Morgan fingerprint density at radius 2 is 1.67 bits per heavy atom. The van der Waals surface area contributed by atoms with Crippen LogP contribution in [0.5, 0.6) is 0 Å². The molecule has 2 aromatic carbocycles. The van der Waals surface area contributed by atoms with Crippen LogP contribution in [0.4, 0.5) is 8.78 Å². The molecule has 0 aliphatic heterocycles. The van der Waals surface area contributed by atoms with Gasteiger partial charge in [0, 0.05) is 18.1 Å². The van der Waals surface area contributed by atoms with Gasteiger partial charge in [0.1, 0.15) is 11.6 Å². The monoisotopic (exact) mass is 288 g/mol. The van der Waals surface area contributed by atoms with Crippen LogP contribution < -0.4 is 0 Å². The molecule has 0 aliphatic carbocycles. The molecule has 0 atom stereocenters. The van der Waals surface area contributed by atoms with Gasteiger partial charge in [-0.3, -0.25) is 4.79 Å². The highest BCUT2D eigenvalue weighted by Crippen LogP contribution is 2.14. The maximum Gasteiger partial charge on any atom is 0.167 e. The first-order valence-electron chi connectivity index (χ1n) is 7.01. The molecule has 0 radical (unpaired) electrons. The standard InChI is InChI=1S/C18H18F2O/c1-12(2)6-13-4-3-5-15(7-13)18(21)10-14-8-16(19)11-17(20)9-14/h3-5,7-9,11-12H,6,10H2,1-2H3. The Kier molecular flexibility index (Phi) is 4.84. The van der Waals surface area contributed by atoms with Crippen LogP contribution in [0.15, 0.2) is 42.5 Å². The molecule has 2 aromatic rings. The zero-order valence-corrected chi connectivity index (χ0v) is 12.2. The van der Waals surface area contributed by atoms with Gasteiger partial charge in [-0.25, -0.2) is 8.78 Å². The summed E-state index contributed by atoms with van der Waals surface area (Å²) in [5.74, 6) is -0.948. The molecule has 0 bridgehead atoms. The lowest BCUT2D eigenvalue weighted by Gasteiger charge is -2.07. The van der Waals surface area contributed by atoms with Gasteiger partial charge in [0.15, 0.2) is 5.78 Å². The van der Waals surface area contributed by atoms with E-state index in [4.69, 9.17) is 0 Å². The summed E-state index contributed by atoms with van der Waals surface area (Å²) in [6.45, 7) is 4.23. The van der Waals surface area contributed by atoms with E-state index >= 15 is 0 Å². The number of carbonyl (C=O) groups excluding carboxylic acids is 1. The lowest BCUT2D eigenvalue weighted by molar-refractivity contribution is 0.0993. The molecule has 1 nitrogen and oxygen atoms in total. The topological polar surface area (TPSA) is 17.1 Å². The van der Waals surface area contributed by atoms with Crippen molar-refractivity contribution in [3.8, 4) is 0 Å². The summed E-state index contributed by atoms with van der Waals surface area (Å²) in [4.78, 5) is 12.2. The van der Waals surface area contributed by atoms with Crippen LogP contribution in [0.3, 0.4) is 0 Å². The van der Waals surface area contributed by atoms with E-state index in [0.29, 0.717) is 17.0 Å². The van der Waals surface area contributed by atoms with Gasteiger partial charge in [-0.15, -0.1) is 0 Å². The van der Waals surface area contributed by atoms with E-state index in [2.05, 4.69) is 13.8 Å². The van der Waals surface area contributed by atoms with E-state index in [-0.39, 0.29) is 12.2 Å². The van der Waals surface area contributed by atoms with E-state index in [1.165, 1.54) is 12.1 Å². The summed E-state index contributed by atoms with van der Waals surface area (Å²) < 4.78 is 26.3. The SMILES string of the molecule is CC(C)Cc1cccc(C(=O)Cc2cc(F)cc(F)c2)c1. The van der Waals surface area contributed by atoms with Crippen molar-refractivity contribution >= 4 is 5.78 Å². The lowest BCUT2D eigenvalue weighted by atomic mass is 9.97. The minimum absolute atomic E-state index is 0.000187. The van der Waals surface area contributed by atoms with Gasteiger partial charge in [0.2, 0.25) is 0 Å². The van der Waals surface area contributed by atoms with Gasteiger partial charge in [-0.05, 0) is 41.7 Å². The zero-order valence-electron chi connectivity index (χ0n) is 12.2. The van der Waals surface area contributed by atoms with Crippen molar-refractivity contribution in [3.63, 3.8) is 0 Å². The van der Waals surface area contributed by atoms with Crippen LogP contribution in [0.25, 0.3) is 0 Å². The van der Waals surface area contributed by atoms with Crippen molar-refractivity contribution < 1.29 is 13.6 Å². The number of rotatable bonds is 5. The molecular formula is C18H18F2O. The van der Waals surface area contributed by atoms with Gasteiger partial charge in [-0.1, -0.05) is 32.0 Å². The molecule has 0 saturated carbocycles. The minimum atomic E-state index is -0.661. The number of carbonyl (C=O) groups is 1. The molecule has 0 unspecified atom stereocenters. The third-order valence-corrected chi connectivity index (χ3v) is 3.18. The first kappa shape index (κ1) is 15.4. The molecule has 0 aromatic heterocycles. The number of benzene rings is 2. The van der Waals surface area contributed by atoms with Crippen molar-refractivity contribution in [1.82, 2.24) is 0 Å². The molecule has 0 spiro atoms. The second-order valence-electron chi connectivity index (χ2n) is 5.68. The third-order valence-electron chi connectivity index (χ3n) is 3.18. The first-order chi connectivity index (χ1) is 9.94. The van der Waals surface area contributed by atoms with Crippen LogP contribution in [0.2, 0.25) is 0 Å². The average molecular weight is 288 g/mol. The quantitative estimate of drug-likeness (QED) is 0.735. The normalized spacial score (nSPS) is 10.9. The van der Waals surface area contributed by atoms with E-state index < -0.39 is 11.6 Å². The highest BCUT2D eigenvalue weighted by molar-refractivity contribution is 5.97. The van der Waals surface area contributed by atoms with Crippen LogP contribution in [-0.4, -0.2) is 5.78 Å². The van der Waals surface area contributed by atoms with Crippen molar-refractivity contribution in [3.05, 3.63) is 70.8 Å². The van der Waals surface area contributed by atoms with E-state index in [0.717, 1.165) is 18.1 Å². The summed E-state index contributed by atoms with van der Waals surface area (Å²) in [5.41, 5.74) is 2.03. The van der Waals surface area contributed by atoms with Crippen LogP contribution in [0, 0.1) is 17.6 Å². The van der Waals surface area contributed by atoms with Gasteiger partial charge < -0.3 is 0 Å². The third kappa shape index (κ3) is 4.48. The molecular weight excluding hydrogens is 270 g/mol. The predicted octanol–water partition coefficient (Wildman–Crippen LogP) is 4.59. The van der Waals surface area contributed by atoms with Gasteiger partial charge >= 0.3 is 0 Å². The first-order valence-corrected chi connectivity index (χ1v) is 7.01. The summed E-state index contributed by atoms with van der Waals surface area (Å²) in [7, 11) is 0. The Morgan fingerprint density at radius 1 is 1.00 bits per heavy atom. The minimum Gasteiger partial charge on any atom is -0.294 e. The Hall–Kier alpha value is -2.03. The summed E-state index contributed by atoms with van der Waals surface area (Å²) in [6, 6.07) is 10.6. The van der Waals surface area contributed by atoms with Gasteiger partial charge in [0.25, 0.3) is 0 Å². The van der Waals surface area contributed by atoms with Crippen LogP contribution in [0.1, 0.15) is 35.3 Å². The predicted molar refractivity (Wildman–Crippen MR) is 79.4 cm³/mol. The fourth-order valence-electron chi connectivity index (χ4n) is 2.34. The fraction of sp³-hybridized carbons (Fsp3) is 0.278. The second-order valence-corrected chi connectivity index (χ2v) is 5.68. The van der Waals surface area contributed by atoms with Crippen molar-refractivity contribution in [2.24, 2.45) is 5.92 Å². The van der Waals surface area contributed by atoms with Crippen LogP contribution in [-0.2, 0) is 12.8 Å².